The fourth-order valence-electron chi connectivity index (χ4n) is 2.12. The molecule has 9 heteroatoms. The number of hydrogen-bond donors (Lipinski definition) is 2. The Bertz CT molecular complexity index is 841. The highest BCUT2D eigenvalue weighted by molar-refractivity contribution is 8.00. The third kappa shape index (κ3) is 4.96. The third-order valence-corrected chi connectivity index (χ3v) is 4.32. The number of nitro groups is 1. The number of nitrogens with zero attached hydrogens (tertiary/aromatic N) is 1. The Balaban J connectivity index is 2.08. The predicted molar refractivity (Wildman–Crippen MR) is 98.6 cm³/mol. The molecule has 0 atom stereocenters. The molecule has 0 unspecified atom stereocenters. The summed E-state index contributed by atoms with van der Waals surface area (Å²) in [5, 5.41) is 13.9. The van der Waals surface area contributed by atoms with E-state index in [0.29, 0.717) is 18.0 Å². The van der Waals surface area contributed by atoms with E-state index in [1.807, 2.05) is 6.92 Å². The number of ether oxygens (including phenoxy) is 1. The summed E-state index contributed by atoms with van der Waals surface area (Å²) in [6.45, 7) is 2.30. The number of benzene rings is 2. The van der Waals surface area contributed by atoms with Crippen LogP contribution in [0, 0.1) is 10.1 Å². The highest BCUT2D eigenvalue weighted by atomic mass is 32.2. The number of nitrogens with two attached hydrogens (primary N) is 1. The first-order valence-corrected chi connectivity index (χ1v) is 8.63. The number of amides is 2. The number of nitrogens with one attached hydrogen (secondary N) is 1. The van der Waals surface area contributed by atoms with Gasteiger partial charge in [-0.05, 0) is 31.2 Å². The highest BCUT2D eigenvalue weighted by Gasteiger charge is 2.18. The molecule has 3 N–H and O–H groups in total. The van der Waals surface area contributed by atoms with Crippen molar-refractivity contribution in [2.24, 2.45) is 5.73 Å². The molecule has 2 rings (SSSR count). The normalized spacial score (nSPS) is 10.2. The first-order chi connectivity index (χ1) is 12.4. The molecule has 26 heavy (non-hydrogen) atoms. The lowest BCUT2D eigenvalue weighted by Gasteiger charge is -2.11. The maximum atomic E-state index is 12.2. The van der Waals surface area contributed by atoms with Gasteiger partial charge in [-0.1, -0.05) is 12.1 Å². The molecule has 0 saturated heterocycles. The van der Waals surface area contributed by atoms with Crippen LogP contribution < -0.4 is 15.8 Å². The number of nitro benzene ring substituents is 1. The lowest BCUT2D eigenvalue weighted by atomic mass is 10.2. The van der Waals surface area contributed by atoms with E-state index in [-0.39, 0.29) is 27.8 Å². The van der Waals surface area contributed by atoms with Gasteiger partial charge in [0.1, 0.15) is 5.75 Å². The number of thioether (sulfide) groups is 1. The van der Waals surface area contributed by atoms with Gasteiger partial charge >= 0.3 is 0 Å². The van der Waals surface area contributed by atoms with E-state index in [0.717, 1.165) is 17.8 Å². The number of carbonyl (C=O) groups excluding carboxylic acids is 2. The Kier molecular flexibility index (Phi) is 6.56. The molecule has 8 nitrogen and oxygen atoms in total. The maximum absolute atomic E-state index is 12.2. The third-order valence-electron chi connectivity index (χ3n) is 3.26. The van der Waals surface area contributed by atoms with Crippen molar-refractivity contribution in [2.45, 2.75) is 11.8 Å². The predicted octanol–water partition coefficient (Wildman–Crippen LogP) is 2.82. The van der Waals surface area contributed by atoms with Gasteiger partial charge in [0.05, 0.1) is 27.9 Å². The van der Waals surface area contributed by atoms with Crippen molar-refractivity contribution in [1.82, 2.24) is 0 Å². The monoisotopic (exact) mass is 375 g/mol. The number of anilines is 1. The summed E-state index contributed by atoms with van der Waals surface area (Å²) >= 11 is 0.996. The van der Waals surface area contributed by atoms with Gasteiger partial charge in [0.2, 0.25) is 11.8 Å². The van der Waals surface area contributed by atoms with Crippen molar-refractivity contribution in [3.63, 3.8) is 0 Å². The molecule has 0 heterocycles. The van der Waals surface area contributed by atoms with Crippen molar-refractivity contribution in [3.8, 4) is 5.75 Å². The van der Waals surface area contributed by atoms with E-state index >= 15 is 0 Å². The van der Waals surface area contributed by atoms with Crippen LogP contribution in [-0.2, 0) is 4.79 Å². The maximum Gasteiger partial charge on any atom is 0.283 e. The smallest absolute Gasteiger partial charge is 0.283 e. The zero-order chi connectivity index (χ0) is 19.1. The molecule has 0 fully saturated rings. The van der Waals surface area contributed by atoms with Gasteiger partial charge in [-0.3, -0.25) is 19.7 Å². The van der Waals surface area contributed by atoms with Gasteiger partial charge in [-0.2, -0.15) is 0 Å². The van der Waals surface area contributed by atoms with Gasteiger partial charge in [0.25, 0.3) is 5.69 Å². The Morgan fingerprint density at radius 1 is 1.27 bits per heavy atom. The van der Waals surface area contributed by atoms with Crippen LogP contribution in [0.25, 0.3) is 0 Å². The molecule has 0 aliphatic heterocycles. The van der Waals surface area contributed by atoms with Crippen LogP contribution in [0.2, 0.25) is 0 Å². The topological polar surface area (TPSA) is 125 Å². The number of primary amides is 1. The van der Waals surface area contributed by atoms with Crippen LogP contribution in [0.15, 0.2) is 47.4 Å². The van der Waals surface area contributed by atoms with Crippen molar-refractivity contribution >= 4 is 35.0 Å². The van der Waals surface area contributed by atoms with Crippen LogP contribution in [0.1, 0.15) is 17.3 Å². The Labute approximate surface area is 153 Å². The van der Waals surface area contributed by atoms with Gasteiger partial charge < -0.3 is 15.8 Å². The average molecular weight is 375 g/mol. The van der Waals surface area contributed by atoms with Crippen LogP contribution in [0.4, 0.5) is 11.4 Å². The van der Waals surface area contributed by atoms with Crippen LogP contribution >= 0.6 is 11.8 Å². The Hall–Kier alpha value is -3.07. The Morgan fingerprint density at radius 3 is 2.65 bits per heavy atom. The van der Waals surface area contributed by atoms with E-state index in [9.17, 15) is 19.7 Å². The molecule has 2 aromatic carbocycles. The molecule has 0 aliphatic rings. The van der Waals surface area contributed by atoms with Crippen LogP contribution in [0.3, 0.4) is 0 Å². The molecule has 0 aliphatic carbocycles. The second-order valence-corrected chi connectivity index (χ2v) is 6.09. The number of para-hydroxylation sites is 2. The molecule has 0 saturated carbocycles. The largest absolute Gasteiger partial charge is 0.492 e. The lowest BCUT2D eigenvalue weighted by molar-refractivity contribution is -0.387. The van der Waals surface area contributed by atoms with Gasteiger partial charge in [0, 0.05) is 11.6 Å². The molecule has 136 valence electrons. The van der Waals surface area contributed by atoms with Gasteiger partial charge in [0.15, 0.2) is 0 Å². The molecule has 2 amide bonds. The fourth-order valence-corrected chi connectivity index (χ4v) is 2.92. The molecule has 0 bridgehead atoms. The summed E-state index contributed by atoms with van der Waals surface area (Å²) in [4.78, 5) is 34.2. The molecular formula is C17H17N3O5S. The number of hydrogen-bond acceptors (Lipinski definition) is 6. The van der Waals surface area contributed by atoms with E-state index in [1.54, 1.807) is 24.3 Å². The minimum Gasteiger partial charge on any atom is -0.492 e. The highest BCUT2D eigenvalue weighted by Crippen LogP contribution is 2.30. The summed E-state index contributed by atoms with van der Waals surface area (Å²) in [5.41, 5.74) is 5.43. The summed E-state index contributed by atoms with van der Waals surface area (Å²) in [6, 6.07) is 10.9. The van der Waals surface area contributed by atoms with Crippen LogP contribution in [0.5, 0.6) is 5.75 Å². The number of rotatable bonds is 8. The second kappa shape index (κ2) is 8.86. The zero-order valence-electron chi connectivity index (χ0n) is 13.9. The summed E-state index contributed by atoms with van der Waals surface area (Å²) < 4.78 is 5.43. The summed E-state index contributed by atoms with van der Waals surface area (Å²) in [7, 11) is 0. The molecule has 0 spiro atoms. The van der Waals surface area contributed by atoms with Crippen molar-refractivity contribution in [2.75, 3.05) is 17.7 Å². The minimum absolute atomic E-state index is 0.0381. The number of carbonyl (C=O) groups is 2. The quantitative estimate of drug-likeness (QED) is 0.415. The minimum atomic E-state index is -0.755. The first-order valence-electron chi connectivity index (χ1n) is 7.65. The lowest BCUT2D eigenvalue weighted by Crippen LogP contribution is -2.15. The zero-order valence-corrected chi connectivity index (χ0v) is 14.7. The summed E-state index contributed by atoms with van der Waals surface area (Å²) in [6.07, 6.45) is 0. The van der Waals surface area contributed by atoms with Gasteiger partial charge in [-0.15, -0.1) is 11.8 Å². The van der Waals surface area contributed by atoms with Crippen molar-refractivity contribution < 1.29 is 19.2 Å². The van der Waals surface area contributed by atoms with Gasteiger partial charge in [-0.25, -0.2) is 0 Å². The average Bonchev–Trinajstić information content (AvgIpc) is 2.61. The standard InChI is InChI=1S/C17H17N3O5S/c1-2-25-14-6-4-3-5-12(14)19-16(21)10-26-15-8-7-11(17(18)22)9-13(15)20(23)24/h3-9H,2,10H2,1H3,(H2,18,22)(H,19,21). The van der Waals surface area contributed by atoms with Crippen molar-refractivity contribution in [1.29, 1.82) is 0 Å². The van der Waals surface area contributed by atoms with E-state index in [2.05, 4.69) is 5.32 Å². The Morgan fingerprint density at radius 2 is 2.00 bits per heavy atom. The first kappa shape index (κ1) is 19.3. The SMILES string of the molecule is CCOc1ccccc1NC(=O)CSc1ccc(C(N)=O)cc1[N+](=O)[O-]. The molecule has 2 aromatic rings. The molecule has 0 aromatic heterocycles. The summed E-state index contributed by atoms with van der Waals surface area (Å²) in [5.74, 6) is -0.590. The fraction of sp³-hybridized carbons (Fsp3) is 0.176. The molecule has 0 radical (unpaired) electrons. The van der Waals surface area contributed by atoms with E-state index in [4.69, 9.17) is 10.5 Å². The second-order valence-electron chi connectivity index (χ2n) is 5.07. The van der Waals surface area contributed by atoms with E-state index < -0.39 is 10.8 Å². The van der Waals surface area contributed by atoms with E-state index in [1.165, 1.54) is 12.1 Å². The van der Waals surface area contributed by atoms with Crippen molar-refractivity contribution in [3.05, 3.63) is 58.1 Å². The van der Waals surface area contributed by atoms with Crippen LogP contribution in [-0.4, -0.2) is 29.1 Å². The molecular weight excluding hydrogens is 358 g/mol.